The van der Waals surface area contributed by atoms with Gasteiger partial charge in [0.2, 0.25) is 0 Å². The molecule has 1 fully saturated rings. The van der Waals surface area contributed by atoms with Crippen LogP contribution in [0.2, 0.25) is 0 Å². The Morgan fingerprint density at radius 3 is 2.37 bits per heavy atom. The van der Waals surface area contributed by atoms with E-state index in [0.29, 0.717) is 13.2 Å². The zero-order chi connectivity index (χ0) is 20.1. The summed E-state index contributed by atoms with van der Waals surface area (Å²) in [4.78, 5) is 4.65. The summed E-state index contributed by atoms with van der Waals surface area (Å²) >= 11 is 0. The van der Waals surface area contributed by atoms with Gasteiger partial charge in [0.25, 0.3) is 0 Å². The summed E-state index contributed by atoms with van der Waals surface area (Å²) in [6, 6.07) is 4.06. The third kappa shape index (κ3) is 7.63. The molecule has 0 aliphatic heterocycles. The third-order valence-corrected chi connectivity index (χ3v) is 4.24. The first kappa shape index (κ1) is 23.0. The molecule has 1 aliphatic carbocycles. The molecule has 0 aromatic heterocycles. The zero-order valence-corrected chi connectivity index (χ0v) is 17.7. The maximum Gasteiger partial charge on any atom is 0.125 e. The first-order chi connectivity index (χ1) is 13.2. The fraction of sp³-hybridized carbons (Fsp3) is 0.591. The highest BCUT2D eigenvalue weighted by atomic mass is 16.6. The van der Waals surface area contributed by atoms with Gasteiger partial charge in [-0.05, 0) is 63.3 Å². The van der Waals surface area contributed by atoms with Crippen molar-refractivity contribution < 1.29 is 19.0 Å². The first-order valence-electron chi connectivity index (χ1n) is 9.84. The molecule has 0 amide bonds. The van der Waals surface area contributed by atoms with E-state index >= 15 is 0 Å². The molecular weight excluding hydrogens is 342 g/mol. The molecule has 0 radical (unpaired) electrons. The Hall–Kier alpha value is -2.01. The second kappa shape index (κ2) is 13.2. The Morgan fingerprint density at radius 1 is 1.07 bits per heavy atom. The fourth-order valence-corrected chi connectivity index (χ4v) is 3.06. The van der Waals surface area contributed by atoms with Crippen LogP contribution in [0.15, 0.2) is 29.4 Å². The molecule has 2 unspecified atom stereocenters. The number of rotatable bonds is 9. The largest absolute Gasteiger partial charge is 0.490 e. The van der Waals surface area contributed by atoms with Gasteiger partial charge in [-0.25, -0.2) is 0 Å². The Kier molecular flexibility index (Phi) is 11.3. The Labute approximate surface area is 164 Å². The molecule has 1 aromatic carbocycles. The minimum Gasteiger partial charge on any atom is -0.490 e. The average Bonchev–Trinajstić information content (AvgIpc) is 3.11. The monoisotopic (exact) mass is 377 g/mol. The lowest BCUT2D eigenvalue weighted by Gasteiger charge is -2.23. The van der Waals surface area contributed by atoms with Crippen molar-refractivity contribution >= 4 is 6.21 Å². The van der Waals surface area contributed by atoms with E-state index in [9.17, 15) is 0 Å². The van der Waals surface area contributed by atoms with Gasteiger partial charge in [-0.15, -0.1) is 0 Å². The van der Waals surface area contributed by atoms with E-state index in [-0.39, 0.29) is 12.2 Å². The van der Waals surface area contributed by atoms with E-state index in [4.69, 9.17) is 14.2 Å². The van der Waals surface area contributed by atoms with Crippen molar-refractivity contribution in [1.82, 2.24) is 0 Å². The minimum atomic E-state index is 0.0723. The molecule has 5 nitrogen and oxygen atoms in total. The standard InChI is InChI=1S/C20H29NO4.C2H6/c1-5-6-11-23-17-13-15(2)20(16(3)14-17)25-19-9-7-8-18(19)24-12-10-21-22-4;1-2/h5-6,10,13-14,18-19H,7-9,11-12H2,1-4H3;1-2H3/b6-5+,21-10-;. The van der Waals surface area contributed by atoms with Crippen molar-refractivity contribution in [3.63, 3.8) is 0 Å². The normalized spacial score (nSPS) is 19.2. The van der Waals surface area contributed by atoms with Crippen molar-refractivity contribution in [2.24, 2.45) is 5.16 Å². The van der Waals surface area contributed by atoms with Crippen LogP contribution in [-0.4, -0.2) is 38.7 Å². The van der Waals surface area contributed by atoms with E-state index < -0.39 is 0 Å². The van der Waals surface area contributed by atoms with E-state index in [1.807, 2.05) is 45.1 Å². The number of nitrogens with zero attached hydrogens (tertiary/aromatic N) is 1. The van der Waals surface area contributed by atoms with Gasteiger partial charge in [0, 0.05) is 0 Å². The molecule has 27 heavy (non-hydrogen) atoms. The van der Waals surface area contributed by atoms with Gasteiger partial charge in [0.05, 0.1) is 18.9 Å². The van der Waals surface area contributed by atoms with Crippen LogP contribution in [0.4, 0.5) is 0 Å². The van der Waals surface area contributed by atoms with Crippen LogP contribution < -0.4 is 9.47 Å². The molecule has 1 aromatic rings. The first-order valence-corrected chi connectivity index (χ1v) is 9.84. The molecule has 0 heterocycles. The van der Waals surface area contributed by atoms with E-state index in [1.165, 1.54) is 7.11 Å². The predicted molar refractivity (Wildman–Crippen MR) is 111 cm³/mol. The number of hydrogen-bond donors (Lipinski definition) is 0. The maximum absolute atomic E-state index is 6.32. The highest BCUT2D eigenvalue weighted by Crippen LogP contribution is 2.33. The third-order valence-electron chi connectivity index (χ3n) is 4.24. The van der Waals surface area contributed by atoms with Gasteiger partial charge in [-0.1, -0.05) is 31.2 Å². The second-order valence-electron chi connectivity index (χ2n) is 6.20. The summed E-state index contributed by atoms with van der Waals surface area (Å²) in [7, 11) is 1.52. The number of benzene rings is 1. The Morgan fingerprint density at radius 2 is 1.74 bits per heavy atom. The van der Waals surface area contributed by atoms with Crippen LogP contribution in [0.5, 0.6) is 11.5 Å². The average molecular weight is 378 g/mol. The topological polar surface area (TPSA) is 49.3 Å². The number of oxime groups is 1. The Balaban J connectivity index is 0.00000176. The van der Waals surface area contributed by atoms with Crippen molar-refractivity contribution in [3.05, 3.63) is 35.4 Å². The predicted octanol–water partition coefficient (Wildman–Crippen LogP) is 5.23. The highest BCUT2D eigenvalue weighted by molar-refractivity contribution is 5.57. The van der Waals surface area contributed by atoms with Crippen LogP contribution in [0.3, 0.4) is 0 Å². The van der Waals surface area contributed by atoms with Crippen LogP contribution in [-0.2, 0) is 9.57 Å². The van der Waals surface area contributed by atoms with Gasteiger partial charge in [-0.2, -0.15) is 0 Å². The van der Waals surface area contributed by atoms with Crippen molar-refractivity contribution in [2.75, 3.05) is 20.3 Å². The second-order valence-corrected chi connectivity index (χ2v) is 6.20. The molecule has 152 valence electrons. The van der Waals surface area contributed by atoms with Crippen LogP contribution in [0.1, 0.15) is 51.2 Å². The molecule has 2 atom stereocenters. The number of aryl methyl sites for hydroxylation is 2. The van der Waals surface area contributed by atoms with Crippen LogP contribution >= 0.6 is 0 Å². The van der Waals surface area contributed by atoms with E-state index in [0.717, 1.165) is 41.9 Å². The number of hydrogen-bond acceptors (Lipinski definition) is 5. The summed E-state index contributed by atoms with van der Waals surface area (Å²) < 4.78 is 17.9. The summed E-state index contributed by atoms with van der Waals surface area (Å²) in [5.74, 6) is 1.81. The molecule has 0 N–H and O–H groups in total. The molecule has 0 spiro atoms. The quantitative estimate of drug-likeness (QED) is 0.336. The van der Waals surface area contributed by atoms with Gasteiger partial charge < -0.3 is 19.0 Å². The SMILES string of the molecule is C/C=C/COc1cc(C)c(OC2CCCC2OC/C=N\OC)c(C)c1.CC. The molecule has 5 heteroatoms. The lowest BCUT2D eigenvalue weighted by Crippen LogP contribution is -2.29. The van der Waals surface area contributed by atoms with Gasteiger partial charge >= 0.3 is 0 Å². The lowest BCUT2D eigenvalue weighted by molar-refractivity contribution is 0.00983. The smallest absolute Gasteiger partial charge is 0.125 e. The van der Waals surface area contributed by atoms with E-state index in [1.54, 1.807) is 6.21 Å². The maximum atomic E-state index is 6.32. The molecule has 0 saturated heterocycles. The van der Waals surface area contributed by atoms with Crippen molar-refractivity contribution in [2.45, 2.75) is 66.1 Å². The summed E-state index contributed by atoms with van der Waals surface area (Å²) in [6.45, 7) is 11.1. The molecule has 1 saturated carbocycles. The minimum absolute atomic E-state index is 0.0723. The van der Waals surface area contributed by atoms with Gasteiger partial charge in [-0.3, -0.25) is 0 Å². The van der Waals surface area contributed by atoms with Gasteiger partial charge in [0.15, 0.2) is 0 Å². The molecule has 2 rings (SSSR count). The summed E-state index contributed by atoms with van der Waals surface area (Å²) in [6.07, 6.45) is 8.88. The summed E-state index contributed by atoms with van der Waals surface area (Å²) in [5, 5.41) is 3.70. The molecular formula is C22H35NO4. The van der Waals surface area contributed by atoms with E-state index in [2.05, 4.69) is 23.8 Å². The Bertz CT molecular complexity index is 575. The fourth-order valence-electron chi connectivity index (χ4n) is 3.06. The van der Waals surface area contributed by atoms with Crippen molar-refractivity contribution in [3.8, 4) is 11.5 Å². The summed E-state index contributed by atoms with van der Waals surface area (Å²) in [5.41, 5.74) is 2.17. The number of allylic oxidation sites excluding steroid dienone is 1. The van der Waals surface area contributed by atoms with Gasteiger partial charge in [0.1, 0.15) is 31.3 Å². The zero-order valence-electron chi connectivity index (χ0n) is 17.7. The van der Waals surface area contributed by atoms with Crippen LogP contribution in [0.25, 0.3) is 0 Å². The molecule has 1 aliphatic rings. The highest BCUT2D eigenvalue weighted by Gasteiger charge is 2.30. The van der Waals surface area contributed by atoms with Crippen LogP contribution in [0, 0.1) is 13.8 Å². The molecule has 0 bridgehead atoms. The van der Waals surface area contributed by atoms with Crippen molar-refractivity contribution in [1.29, 1.82) is 0 Å². The lowest BCUT2D eigenvalue weighted by atomic mass is 10.1. The number of ether oxygens (including phenoxy) is 3.